The van der Waals surface area contributed by atoms with Crippen molar-refractivity contribution in [1.29, 1.82) is 0 Å². The summed E-state index contributed by atoms with van der Waals surface area (Å²) in [6.07, 6.45) is 2.92. The minimum Gasteiger partial charge on any atom is -0.480 e. The number of rotatable bonds is 22. The number of carboxylic acids is 1. The molecule has 0 aliphatic carbocycles. The molecule has 0 spiro atoms. The first-order valence-electron chi connectivity index (χ1n) is 18.2. The van der Waals surface area contributed by atoms with E-state index in [0.717, 1.165) is 5.56 Å². The van der Waals surface area contributed by atoms with Gasteiger partial charge in [0.05, 0.1) is 12.6 Å². The lowest BCUT2D eigenvalue weighted by molar-refractivity contribution is -0.142. The Labute approximate surface area is 315 Å². The molecule has 17 nitrogen and oxygen atoms in total. The van der Waals surface area contributed by atoms with Gasteiger partial charge < -0.3 is 54.2 Å². The van der Waals surface area contributed by atoms with Crippen molar-refractivity contribution < 1.29 is 33.9 Å². The van der Waals surface area contributed by atoms with Crippen LogP contribution in [0.1, 0.15) is 56.1 Å². The van der Waals surface area contributed by atoms with Crippen LogP contribution in [0, 0.1) is 0 Å². The zero-order valence-corrected chi connectivity index (χ0v) is 30.5. The van der Waals surface area contributed by atoms with Crippen LogP contribution in [-0.4, -0.2) is 108 Å². The van der Waals surface area contributed by atoms with Crippen molar-refractivity contribution in [1.82, 2.24) is 26.2 Å². The SMILES string of the molecule is NCCCC[C@H](NC(=O)[C@H](Cc1ccccc1)NC(=O)CNC(=O)[C@H](CCCN=C(N)N)NC(=O)[C@@H]1CCCN1C(=O)[C@H](N)Cc1ccccc1)C(=O)O. The van der Waals surface area contributed by atoms with Gasteiger partial charge in [-0.05, 0) is 69.0 Å². The molecule has 3 rings (SSSR count). The van der Waals surface area contributed by atoms with Gasteiger partial charge in [0.1, 0.15) is 24.2 Å². The molecule has 0 aromatic heterocycles. The van der Waals surface area contributed by atoms with Gasteiger partial charge in [0.2, 0.25) is 29.5 Å². The van der Waals surface area contributed by atoms with Crippen molar-refractivity contribution in [3.8, 4) is 0 Å². The highest BCUT2D eigenvalue weighted by Crippen LogP contribution is 2.20. The molecule has 1 fully saturated rings. The Morgan fingerprint density at radius 1 is 0.796 bits per heavy atom. The van der Waals surface area contributed by atoms with Crippen LogP contribution in [0.4, 0.5) is 0 Å². The van der Waals surface area contributed by atoms with E-state index in [9.17, 15) is 33.9 Å². The second kappa shape index (κ2) is 22.5. The number of carbonyl (C=O) groups is 6. The quantitative estimate of drug-likeness (QED) is 0.0384. The number of likely N-dealkylation sites (tertiary alicyclic amines) is 1. The van der Waals surface area contributed by atoms with E-state index in [-0.39, 0.29) is 37.7 Å². The number of aliphatic carboxylic acids is 1. The molecule has 294 valence electrons. The normalized spacial score (nSPS) is 15.9. The summed E-state index contributed by atoms with van der Waals surface area (Å²) in [6.45, 7) is 0.325. The molecule has 5 amide bonds. The number of carbonyl (C=O) groups excluding carboxylic acids is 5. The third kappa shape index (κ3) is 14.5. The molecule has 2 aromatic rings. The third-order valence-electron chi connectivity index (χ3n) is 8.95. The van der Waals surface area contributed by atoms with E-state index in [1.807, 2.05) is 30.3 Å². The summed E-state index contributed by atoms with van der Waals surface area (Å²) in [5.41, 5.74) is 24.2. The molecule has 54 heavy (non-hydrogen) atoms. The van der Waals surface area contributed by atoms with Crippen LogP contribution < -0.4 is 44.2 Å². The number of amides is 5. The Morgan fingerprint density at radius 3 is 2.04 bits per heavy atom. The summed E-state index contributed by atoms with van der Waals surface area (Å²) < 4.78 is 0. The average Bonchev–Trinajstić information content (AvgIpc) is 3.65. The zero-order valence-electron chi connectivity index (χ0n) is 30.5. The molecule has 13 N–H and O–H groups in total. The monoisotopic (exact) mass is 750 g/mol. The average molecular weight is 751 g/mol. The van der Waals surface area contributed by atoms with Crippen LogP contribution in [0.2, 0.25) is 0 Å². The van der Waals surface area contributed by atoms with E-state index in [4.69, 9.17) is 22.9 Å². The fraction of sp³-hybridized carbons (Fsp3) is 0.486. The first-order valence-corrected chi connectivity index (χ1v) is 18.2. The maximum atomic E-state index is 13.6. The van der Waals surface area contributed by atoms with E-state index >= 15 is 0 Å². The second-order valence-electron chi connectivity index (χ2n) is 13.2. The molecule has 0 bridgehead atoms. The summed E-state index contributed by atoms with van der Waals surface area (Å²) in [5.74, 6) is -4.38. The van der Waals surface area contributed by atoms with Crippen LogP contribution in [-0.2, 0) is 41.6 Å². The molecule has 1 aliphatic rings. The number of benzene rings is 2. The summed E-state index contributed by atoms with van der Waals surface area (Å²) in [4.78, 5) is 84.1. The van der Waals surface area contributed by atoms with Gasteiger partial charge in [-0.2, -0.15) is 0 Å². The number of hydrogen-bond acceptors (Lipinski definition) is 9. The molecule has 1 aliphatic heterocycles. The minimum absolute atomic E-state index is 0.0522. The van der Waals surface area contributed by atoms with Gasteiger partial charge in [-0.3, -0.25) is 29.0 Å². The minimum atomic E-state index is -1.22. The predicted molar refractivity (Wildman–Crippen MR) is 202 cm³/mol. The number of aliphatic imine (C=N–C) groups is 1. The van der Waals surface area contributed by atoms with Gasteiger partial charge in [-0.15, -0.1) is 0 Å². The van der Waals surface area contributed by atoms with E-state index in [1.165, 1.54) is 4.90 Å². The molecule has 1 saturated heterocycles. The number of nitrogens with two attached hydrogens (primary N) is 4. The third-order valence-corrected chi connectivity index (χ3v) is 8.95. The standard InChI is InChI=1S/C37H54N10O7/c38-18-8-7-15-28(36(53)54)46-33(50)29(22-25-13-5-2-6-14-25)44-31(48)23-43-32(49)27(16-9-19-42-37(40)41)45-34(51)30-17-10-20-47(30)35(52)26(39)21-24-11-3-1-4-12-24/h1-6,11-14,26-30H,7-10,15-23,38-39H2,(H,43,49)(H,44,48)(H,45,51)(H,46,50)(H,53,54)(H4,40,41,42)/t26-,27+,28+,29+,30+/m1/s1. The van der Waals surface area contributed by atoms with Crippen LogP contribution in [0.5, 0.6) is 0 Å². The van der Waals surface area contributed by atoms with Crippen LogP contribution >= 0.6 is 0 Å². The van der Waals surface area contributed by atoms with Gasteiger partial charge in [0.25, 0.3) is 0 Å². The number of guanidine groups is 1. The highest BCUT2D eigenvalue weighted by molar-refractivity contribution is 5.95. The summed E-state index contributed by atoms with van der Waals surface area (Å²) in [7, 11) is 0. The Kier molecular flexibility index (Phi) is 17.9. The van der Waals surface area contributed by atoms with Gasteiger partial charge in [0.15, 0.2) is 5.96 Å². The van der Waals surface area contributed by atoms with E-state index < -0.39 is 66.4 Å². The summed E-state index contributed by atoms with van der Waals surface area (Å²) in [5, 5.41) is 20.0. The van der Waals surface area contributed by atoms with E-state index in [0.29, 0.717) is 57.2 Å². The fourth-order valence-corrected chi connectivity index (χ4v) is 6.13. The Bertz CT molecular complexity index is 1570. The molecule has 5 atom stereocenters. The van der Waals surface area contributed by atoms with Gasteiger partial charge in [-0.25, -0.2) is 4.79 Å². The lowest BCUT2D eigenvalue weighted by atomic mass is 10.0. The maximum Gasteiger partial charge on any atom is 0.326 e. The van der Waals surface area contributed by atoms with E-state index in [2.05, 4.69) is 26.3 Å². The maximum absolute atomic E-state index is 13.6. The zero-order chi connectivity index (χ0) is 39.5. The lowest BCUT2D eigenvalue weighted by Crippen LogP contribution is -2.56. The predicted octanol–water partition coefficient (Wildman–Crippen LogP) is -1.37. The van der Waals surface area contributed by atoms with Gasteiger partial charge >= 0.3 is 5.97 Å². The summed E-state index contributed by atoms with van der Waals surface area (Å²) in [6, 6.07) is 13.0. The largest absolute Gasteiger partial charge is 0.480 e. The first kappa shape index (κ1) is 42.9. The molecule has 17 heteroatoms. The molecule has 2 aromatic carbocycles. The Balaban J connectivity index is 1.67. The van der Waals surface area contributed by atoms with Crippen LogP contribution in [0.3, 0.4) is 0 Å². The Morgan fingerprint density at radius 2 is 1.43 bits per heavy atom. The van der Waals surface area contributed by atoms with Crippen molar-refractivity contribution in [2.24, 2.45) is 27.9 Å². The number of unbranched alkanes of at least 4 members (excludes halogenated alkanes) is 1. The molecular weight excluding hydrogens is 696 g/mol. The van der Waals surface area contributed by atoms with Crippen LogP contribution in [0.15, 0.2) is 65.7 Å². The number of carboxylic acid groups (broad SMARTS) is 1. The van der Waals surface area contributed by atoms with Gasteiger partial charge in [0, 0.05) is 19.5 Å². The number of hydrogen-bond donors (Lipinski definition) is 9. The fourth-order valence-electron chi connectivity index (χ4n) is 6.13. The van der Waals surface area contributed by atoms with Crippen LogP contribution in [0.25, 0.3) is 0 Å². The Hall–Kier alpha value is -5.55. The molecule has 0 unspecified atom stereocenters. The smallest absolute Gasteiger partial charge is 0.326 e. The number of nitrogens with one attached hydrogen (secondary N) is 4. The highest BCUT2D eigenvalue weighted by Gasteiger charge is 2.37. The first-order chi connectivity index (χ1) is 25.9. The van der Waals surface area contributed by atoms with Crippen molar-refractivity contribution in [3.63, 3.8) is 0 Å². The molecule has 1 heterocycles. The van der Waals surface area contributed by atoms with Crippen molar-refractivity contribution >= 4 is 41.5 Å². The van der Waals surface area contributed by atoms with Crippen molar-refractivity contribution in [3.05, 3.63) is 71.8 Å². The van der Waals surface area contributed by atoms with Gasteiger partial charge in [-0.1, -0.05) is 60.7 Å². The van der Waals surface area contributed by atoms with Crippen molar-refractivity contribution in [2.45, 2.75) is 88.0 Å². The second-order valence-corrected chi connectivity index (χ2v) is 13.2. The molecule has 0 saturated carbocycles. The summed E-state index contributed by atoms with van der Waals surface area (Å²) >= 11 is 0. The topological polar surface area (TPSA) is 290 Å². The van der Waals surface area contributed by atoms with E-state index in [1.54, 1.807) is 30.3 Å². The highest BCUT2D eigenvalue weighted by atomic mass is 16.4. The van der Waals surface area contributed by atoms with Crippen molar-refractivity contribution in [2.75, 3.05) is 26.2 Å². The molecule has 0 radical (unpaired) electrons. The number of nitrogens with zero attached hydrogens (tertiary/aromatic N) is 2. The molecular formula is C37H54N10O7. The lowest BCUT2D eigenvalue weighted by Gasteiger charge is -2.28.